The van der Waals surface area contributed by atoms with Crippen LogP contribution in [0.3, 0.4) is 0 Å². The van der Waals surface area contributed by atoms with Gasteiger partial charge in [0.1, 0.15) is 5.76 Å². The van der Waals surface area contributed by atoms with Gasteiger partial charge in [-0.15, -0.1) is 0 Å². The van der Waals surface area contributed by atoms with Gasteiger partial charge in [-0.3, -0.25) is 0 Å². The standard InChI is InChI=1S/C10H14N2O/c11-5-8-7-6-12-13-9(7)1-2-10(8)3-4-10/h6,8H,1-5,11H2. The second kappa shape index (κ2) is 2.35. The molecule has 2 aliphatic rings. The number of aromatic nitrogens is 1. The molecule has 2 aliphatic carbocycles. The first-order valence-corrected chi connectivity index (χ1v) is 4.99. The number of hydrogen-bond acceptors (Lipinski definition) is 3. The summed E-state index contributed by atoms with van der Waals surface area (Å²) in [6, 6.07) is 0. The first kappa shape index (κ1) is 7.56. The molecule has 0 bridgehead atoms. The Labute approximate surface area is 77.3 Å². The number of nitrogens with two attached hydrogens (primary N) is 1. The van der Waals surface area contributed by atoms with Gasteiger partial charge in [0, 0.05) is 17.9 Å². The maximum atomic E-state index is 5.82. The van der Waals surface area contributed by atoms with E-state index < -0.39 is 0 Å². The second-order valence-electron chi connectivity index (χ2n) is 4.35. The highest BCUT2D eigenvalue weighted by atomic mass is 16.5. The maximum absolute atomic E-state index is 5.82. The van der Waals surface area contributed by atoms with Crippen molar-refractivity contribution >= 4 is 0 Å². The van der Waals surface area contributed by atoms with Crippen LogP contribution < -0.4 is 5.73 Å². The number of nitrogens with zero attached hydrogens (tertiary/aromatic N) is 1. The fourth-order valence-electron chi connectivity index (χ4n) is 2.75. The van der Waals surface area contributed by atoms with E-state index >= 15 is 0 Å². The average molecular weight is 178 g/mol. The summed E-state index contributed by atoms with van der Waals surface area (Å²) in [4.78, 5) is 0. The first-order valence-electron chi connectivity index (χ1n) is 4.99. The van der Waals surface area contributed by atoms with Gasteiger partial charge >= 0.3 is 0 Å². The lowest BCUT2D eigenvalue weighted by Gasteiger charge is -2.29. The zero-order valence-corrected chi connectivity index (χ0v) is 7.62. The van der Waals surface area contributed by atoms with Crippen LogP contribution in [-0.2, 0) is 6.42 Å². The zero-order valence-electron chi connectivity index (χ0n) is 7.62. The fraction of sp³-hybridized carbons (Fsp3) is 0.700. The van der Waals surface area contributed by atoms with Crippen LogP contribution in [-0.4, -0.2) is 11.7 Å². The van der Waals surface area contributed by atoms with Crippen molar-refractivity contribution in [1.29, 1.82) is 0 Å². The molecule has 1 saturated carbocycles. The van der Waals surface area contributed by atoms with Gasteiger partial charge in [0.2, 0.25) is 0 Å². The van der Waals surface area contributed by atoms with Crippen molar-refractivity contribution in [3.8, 4) is 0 Å². The number of rotatable bonds is 1. The summed E-state index contributed by atoms with van der Waals surface area (Å²) in [7, 11) is 0. The minimum Gasteiger partial charge on any atom is -0.361 e. The Kier molecular flexibility index (Phi) is 1.37. The summed E-state index contributed by atoms with van der Waals surface area (Å²) >= 11 is 0. The molecule has 3 nitrogen and oxygen atoms in total. The first-order chi connectivity index (χ1) is 6.36. The van der Waals surface area contributed by atoms with Crippen LogP contribution in [0.2, 0.25) is 0 Å². The Hall–Kier alpha value is -0.830. The van der Waals surface area contributed by atoms with Crippen LogP contribution >= 0.6 is 0 Å². The molecule has 2 N–H and O–H groups in total. The minimum atomic E-state index is 0.516. The third kappa shape index (κ3) is 0.908. The molecule has 1 unspecified atom stereocenters. The molecule has 0 aliphatic heterocycles. The van der Waals surface area contributed by atoms with Crippen molar-refractivity contribution in [2.24, 2.45) is 11.1 Å². The lowest BCUT2D eigenvalue weighted by molar-refractivity contribution is 0.305. The summed E-state index contributed by atoms with van der Waals surface area (Å²) in [5, 5.41) is 3.86. The summed E-state index contributed by atoms with van der Waals surface area (Å²) in [5.41, 5.74) is 7.64. The van der Waals surface area contributed by atoms with Crippen molar-refractivity contribution < 1.29 is 4.52 Å². The Bertz CT molecular complexity index is 327. The minimum absolute atomic E-state index is 0.516. The van der Waals surface area contributed by atoms with Gasteiger partial charge in [0.25, 0.3) is 0 Å². The van der Waals surface area contributed by atoms with Gasteiger partial charge in [-0.25, -0.2) is 0 Å². The van der Waals surface area contributed by atoms with Crippen molar-refractivity contribution in [1.82, 2.24) is 5.16 Å². The fourth-order valence-corrected chi connectivity index (χ4v) is 2.75. The van der Waals surface area contributed by atoms with Gasteiger partial charge in [0.05, 0.1) is 6.20 Å². The van der Waals surface area contributed by atoms with E-state index in [-0.39, 0.29) is 0 Å². The smallest absolute Gasteiger partial charge is 0.140 e. The van der Waals surface area contributed by atoms with Crippen LogP contribution in [0.1, 0.15) is 36.5 Å². The van der Waals surface area contributed by atoms with Crippen LogP contribution in [0, 0.1) is 5.41 Å². The summed E-state index contributed by atoms with van der Waals surface area (Å²) in [6.45, 7) is 0.744. The van der Waals surface area contributed by atoms with E-state index in [4.69, 9.17) is 10.3 Å². The summed E-state index contributed by atoms with van der Waals surface area (Å²) < 4.78 is 5.20. The zero-order chi connectivity index (χ0) is 8.89. The third-order valence-electron chi connectivity index (χ3n) is 3.77. The van der Waals surface area contributed by atoms with Crippen molar-refractivity contribution in [2.75, 3.05) is 6.54 Å². The van der Waals surface area contributed by atoms with Crippen LogP contribution in [0.15, 0.2) is 10.7 Å². The average Bonchev–Trinajstić information content (AvgIpc) is 2.76. The molecule has 70 valence electrons. The van der Waals surface area contributed by atoms with Gasteiger partial charge in [0.15, 0.2) is 0 Å². The number of fused-ring (bicyclic) bond motifs is 1. The van der Waals surface area contributed by atoms with E-state index in [2.05, 4.69) is 5.16 Å². The molecule has 3 heteroatoms. The van der Waals surface area contributed by atoms with E-state index in [1.165, 1.54) is 24.8 Å². The highest BCUT2D eigenvalue weighted by Crippen LogP contribution is 2.61. The Morgan fingerprint density at radius 2 is 2.38 bits per heavy atom. The van der Waals surface area contributed by atoms with Crippen LogP contribution in [0.5, 0.6) is 0 Å². The van der Waals surface area contributed by atoms with Crippen molar-refractivity contribution in [3.63, 3.8) is 0 Å². The summed E-state index contributed by atoms with van der Waals surface area (Å²) in [5.74, 6) is 1.59. The molecule has 1 heterocycles. The van der Waals surface area contributed by atoms with Crippen LogP contribution in [0.4, 0.5) is 0 Å². The Morgan fingerprint density at radius 1 is 1.54 bits per heavy atom. The third-order valence-corrected chi connectivity index (χ3v) is 3.77. The molecular weight excluding hydrogens is 164 g/mol. The van der Waals surface area contributed by atoms with E-state index in [1.807, 2.05) is 6.20 Å². The van der Waals surface area contributed by atoms with E-state index in [9.17, 15) is 0 Å². The lowest BCUT2D eigenvalue weighted by atomic mass is 9.75. The molecule has 1 fully saturated rings. The van der Waals surface area contributed by atoms with Gasteiger partial charge in [-0.05, 0) is 31.2 Å². The molecule has 1 aromatic heterocycles. The molecular formula is C10H14N2O. The SMILES string of the molecule is NCC1c2cnoc2CCC12CC2. The Morgan fingerprint density at radius 3 is 3.08 bits per heavy atom. The van der Waals surface area contributed by atoms with Gasteiger partial charge in [-0.1, -0.05) is 5.16 Å². The second-order valence-corrected chi connectivity index (χ2v) is 4.35. The number of aryl methyl sites for hydroxylation is 1. The largest absolute Gasteiger partial charge is 0.361 e. The molecule has 0 aromatic carbocycles. The molecule has 13 heavy (non-hydrogen) atoms. The summed E-state index contributed by atoms with van der Waals surface area (Å²) in [6.07, 6.45) is 6.87. The molecule has 0 saturated heterocycles. The van der Waals surface area contributed by atoms with E-state index in [0.717, 1.165) is 18.7 Å². The highest BCUT2D eigenvalue weighted by Gasteiger charge is 2.52. The van der Waals surface area contributed by atoms with E-state index in [0.29, 0.717) is 11.3 Å². The van der Waals surface area contributed by atoms with Gasteiger partial charge < -0.3 is 10.3 Å². The predicted octanol–water partition coefficient (Wildman–Crippen LogP) is 1.44. The van der Waals surface area contributed by atoms with Crippen molar-refractivity contribution in [2.45, 2.75) is 31.6 Å². The molecule has 1 aromatic rings. The molecule has 3 rings (SSSR count). The molecule has 1 atom stereocenters. The molecule has 0 amide bonds. The Balaban J connectivity index is 2.04. The number of hydrogen-bond donors (Lipinski definition) is 1. The van der Waals surface area contributed by atoms with Crippen molar-refractivity contribution in [3.05, 3.63) is 17.5 Å². The predicted molar refractivity (Wildman–Crippen MR) is 48.3 cm³/mol. The topological polar surface area (TPSA) is 52.0 Å². The lowest BCUT2D eigenvalue weighted by Crippen LogP contribution is -2.27. The molecule has 1 spiro atoms. The van der Waals surface area contributed by atoms with Crippen LogP contribution in [0.25, 0.3) is 0 Å². The monoisotopic (exact) mass is 178 g/mol. The molecule has 0 radical (unpaired) electrons. The van der Waals surface area contributed by atoms with Gasteiger partial charge in [-0.2, -0.15) is 0 Å². The van der Waals surface area contributed by atoms with E-state index in [1.54, 1.807) is 0 Å². The normalized spacial score (nSPS) is 28.8. The quantitative estimate of drug-likeness (QED) is 0.708. The highest BCUT2D eigenvalue weighted by molar-refractivity contribution is 5.29. The maximum Gasteiger partial charge on any atom is 0.140 e.